The molecule has 2 fully saturated rings. The highest BCUT2D eigenvalue weighted by Gasteiger charge is 2.35. The van der Waals surface area contributed by atoms with Crippen LogP contribution in [0.2, 0.25) is 0 Å². The van der Waals surface area contributed by atoms with Crippen LogP contribution in [0.4, 0.5) is 5.69 Å². The molecule has 0 unspecified atom stereocenters. The molecule has 1 aromatic heterocycles. The van der Waals surface area contributed by atoms with E-state index in [1.165, 1.54) is 0 Å². The van der Waals surface area contributed by atoms with E-state index in [0.29, 0.717) is 18.4 Å². The standard InChI is InChI=1S/C19H22N4O3S/c24-17-10-14(12-23(17)15-4-2-1-3-5-15)19(25)20-11-16-21-18(22-26-16)13-6-8-27-9-7-13/h1-5,13-14H,6-12H2,(H,20,25)/t14-/m1/s1. The van der Waals surface area contributed by atoms with E-state index >= 15 is 0 Å². The van der Waals surface area contributed by atoms with Crippen LogP contribution in [0.15, 0.2) is 34.9 Å². The third-order valence-corrected chi connectivity index (χ3v) is 6.10. The van der Waals surface area contributed by atoms with Gasteiger partial charge in [0, 0.05) is 24.6 Å². The van der Waals surface area contributed by atoms with Crippen molar-refractivity contribution in [1.29, 1.82) is 0 Å². The minimum Gasteiger partial charge on any atom is -0.347 e. The van der Waals surface area contributed by atoms with E-state index in [1.54, 1.807) is 4.90 Å². The van der Waals surface area contributed by atoms with Gasteiger partial charge in [0.05, 0.1) is 12.5 Å². The summed E-state index contributed by atoms with van der Waals surface area (Å²) < 4.78 is 5.28. The molecular formula is C19H22N4O3S. The van der Waals surface area contributed by atoms with Crippen LogP contribution in [-0.4, -0.2) is 40.0 Å². The second-order valence-electron chi connectivity index (χ2n) is 6.89. The zero-order valence-electron chi connectivity index (χ0n) is 15.0. The van der Waals surface area contributed by atoms with Gasteiger partial charge in [-0.1, -0.05) is 23.4 Å². The summed E-state index contributed by atoms with van der Waals surface area (Å²) in [6, 6.07) is 9.42. The molecule has 2 aliphatic heterocycles. The zero-order chi connectivity index (χ0) is 18.6. The highest BCUT2D eigenvalue weighted by Crippen LogP contribution is 2.29. The Kier molecular flexibility index (Phi) is 5.42. The third kappa shape index (κ3) is 4.16. The first kappa shape index (κ1) is 18.0. The lowest BCUT2D eigenvalue weighted by Crippen LogP contribution is -2.32. The van der Waals surface area contributed by atoms with Gasteiger partial charge in [-0.05, 0) is 36.5 Å². The molecule has 1 N–H and O–H groups in total. The number of carbonyl (C=O) groups excluding carboxylic acids is 2. The van der Waals surface area contributed by atoms with Crippen molar-refractivity contribution in [1.82, 2.24) is 15.5 Å². The lowest BCUT2D eigenvalue weighted by Gasteiger charge is -2.17. The van der Waals surface area contributed by atoms with E-state index in [9.17, 15) is 9.59 Å². The van der Waals surface area contributed by atoms with Gasteiger partial charge in [-0.15, -0.1) is 0 Å². The molecule has 1 atom stereocenters. The molecule has 27 heavy (non-hydrogen) atoms. The Balaban J connectivity index is 1.31. The number of nitrogens with one attached hydrogen (secondary N) is 1. The van der Waals surface area contributed by atoms with E-state index in [0.717, 1.165) is 35.9 Å². The van der Waals surface area contributed by atoms with Gasteiger partial charge < -0.3 is 14.7 Å². The van der Waals surface area contributed by atoms with E-state index in [1.807, 2.05) is 42.1 Å². The number of benzene rings is 1. The number of thioether (sulfide) groups is 1. The molecule has 0 spiro atoms. The summed E-state index contributed by atoms with van der Waals surface area (Å²) in [5, 5.41) is 6.90. The normalized spacial score (nSPS) is 20.8. The lowest BCUT2D eigenvalue weighted by atomic mass is 10.0. The van der Waals surface area contributed by atoms with E-state index in [4.69, 9.17) is 4.52 Å². The molecule has 0 saturated carbocycles. The lowest BCUT2D eigenvalue weighted by molar-refractivity contribution is -0.126. The smallest absolute Gasteiger partial charge is 0.246 e. The molecule has 2 amide bonds. The fourth-order valence-electron chi connectivity index (χ4n) is 3.51. The number of anilines is 1. The number of nitrogens with zero attached hydrogens (tertiary/aromatic N) is 3. The van der Waals surface area contributed by atoms with Crippen LogP contribution in [0.5, 0.6) is 0 Å². The van der Waals surface area contributed by atoms with Crippen LogP contribution in [0, 0.1) is 5.92 Å². The van der Waals surface area contributed by atoms with Crippen molar-refractivity contribution in [3.05, 3.63) is 42.0 Å². The monoisotopic (exact) mass is 386 g/mol. The van der Waals surface area contributed by atoms with Crippen LogP contribution in [0.25, 0.3) is 0 Å². The minimum absolute atomic E-state index is 0.0309. The van der Waals surface area contributed by atoms with Crippen molar-refractivity contribution in [2.75, 3.05) is 23.0 Å². The largest absolute Gasteiger partial charge is 0.347 e. The Morgan fingerprint density at radius 2 is 2.04 bits per heavy atom. The summed E-state index contributed by atoms with van der Waals surface area (Å²) in [6.45, 7) is 0.590. The number of amides is 2. The highest BCUT2D eigenvalue weighted by molar-refractivity contribution is 7.99. The number of aromatic nitrogens is 2. The molecule has 142 valence electrons. The quantitative estimate of drug-likeness (QED) is 0.849. The molecule has 8 heteroatoms. The number of para-hydroxylation sites is 1. The second-order valence-corrected chi connectivity index (χ2v) is 8.12. The van der Waals surface area contributed by atoms with E-state index < -0.39 is 0 Å². The Morgan fingerprint density at radius 1 is 1.26 bits per heavy atom. The van der Waals surface area contributed by atoms with Crippen LogP contribution < -0.4 is 10.2 Å². The molecule has 0 radical (unpaired) electrons. The molecule has 2 aromatic rings. The Hall–Kier alpha value is -2.35. The Labute approximate surface area is 161 Å². The molecule has 7 nitrogen and oxygen atoms in total. The summed E-state index contributed by atoms with van der Waals surface area (Å²) in [5.74, 6) is 3.21. The summed E-state index contributed by atoms with van der Waals surface area (Å²) in [6.07, 6.45) is 2.35. The average Bonchev–Trinajstić information content (AvgIpc) is 3.34. The summed E-state index contributed by atoms with van der Waals surface area (Å²) >= 11 is 1.95. The van der Waals surface area contributed by atoms with Gasteiger partial charge in [-0.3, -0.25) is 9.59 Å². The maximum Gasteiger partial charge on any atom is 0.246 e. The second kappa shape index (κ2) is 8.12. The molecule has 4 rings (SSSR count). The first-order valence-corrected chi connectivity index (χ1v) is 10.4. The number of carbonyl (C=O) groups is 2. The highest BCUT2D eigenvalue weighted by atomic mass is 32.2. The van der Waals surface area contributed by atoms with Gasteiger partial charge in [0.25, 0.3) is 0 Å². The van der Waals surface area contributed by atoms with Gasteiger partial charge in [-0.25, -0.2) is 0 Å². The van der Waals surface area contributed by atoms with Crippen molar-refractivity contribution in [3.63, 3.8) is 0 Å². The first-order valence-electron chi connectivity index (χ1n) is 9.24. The van der Waals surface area contributed by atoms with Gasteiger partial charge in [0.2, 0.25) is 17.7 Å². The van der Waals surface area contributed by atoms with Crippen LogP contribution in [0.3, 0.4) is 0 Å². The predicted molar refractivity (Wildman–Crippen MR) is 102 cm³/mol. The Bertz CT molecular complexity index is 804. The fourth-order valence-corrected chi connectivity index (χ4v) is 4.62. The maximum absolute atomic E-state index is 12.5. The van der Waals surface area contributed by atoms with Crippen molar-refractivity contribution >= 4 is 29.3 Å². The summed E-state index contributed by atoms with van der Waals surface area (Å²) in [4.78, 5) is 30.8. The number of rotatable bonds is 5. The SMILES string of the molecule is O=C(NCc1nc(C2CCSCC2)no1)[C@@H]1CC(=O)N(c2ccccc2)C1. The average molecular weight is 386 g/mol. The third-order valence-electron chi connectivity index (χ3n) is 5.05. The Morgan fingerprint density at radius 3 is 2.81 bits per heavy atom. The number of hydrogen-bond donors (Lipinski definition) is 1. The molecule has 2 aliphatic rings. The molecule has 0 aliphatic carbocycles. The molecular weight excluding hydrogens is 364 g/mol. The van der Waals surface area contributed by atoms with Crippen molar-refractivity contribution in [3.8, 4) is 0 Å². The number of hydrogen-bond acceptors (Lipinski definition) is 6. The predicted octanol–water partition coefficient (Wildman–Crippen LogP) is 2.35. The topological polar surface area (TPSA) is 88.3 Å². The van der Waals surface area contributed by atoms with Crippen molar-refractivity contribution in [2.24, 2.45) is 5.92 Å². The van der Waals surface area contributed by atoms with Gasteiger partial charge in [0.15, 0.2) is 5.82 Å². The summed E-state index contributed by atoms with van der Waals surface area (Å²) in [7, 11) is 0. The van der Waals surface area contributed by atoms with Crippen molar-refractivity contribution in [2.45, 2.75) is 31.7 Å². The molecule has 1 aromatic carbocycles. The summed E-state index contributed by atoms with van der Waals surface area (Å²) in [5.41, 5.74) is 0.824. The van der Waals surface area contributed by atoms with E-state index in [-0.39, 0.29) is 30.7 Å². The zero-order valence-corrected chi connectivity index (χ0v) is 15.8. The maximum atomic E-state index is 12.5. The fraction of sp³-hybridized carbons (Fsp3) is 0.474. The molecule has 0 bridgehead atoms. The van der Waals surface area contributed by atoms with Crippen molar-refractivity contribution < 1.29 is 14.1 Å². The van der Waals surface area contributed by atoms with Crippen LogP contribution >= 0.6 is 11.8 Å². The van der Waals surface area contributed by atoms with Gasteiger partial charge in [-0.2, -0.15) is 16.7 Å². The van der Waals surface area contributed by atoms with Crippen LogP contribution in [-0.2, 0) is 16.1 Å². The minimum atomic E-state index is -0.365. The van der Waals surface area contributed by atoms with Gasteiger partial charge in [0.1, 0.15) is 0 Å². The van der Waals surface area contributed by atoms with Crippen LogP contribution in [0.1, 0.15) is 36.9 Å². The van der Waals surface area contributed by atoms with E-state index in [2.05, 4.69) is 15.5 Å². The molecule has 2 saturated heterocycles. The first-order chi connectivity index (χ1) is 13.2. The van der Waals surface area contributed by atoms with Gasteiger partial charge >= 0.3 is 0 Å². The molecule has 3 heterocycles.